The standard InChI is InChI=1S/C11H13N5.2ClH/c12-6-7-2-1-3-8(4-7)9-5-10(13)16-11(14)15-9;;/h1-5H,6,12H2,(H4,13,14,15,16);2*1H. The molecule has 2 rings (SSSR count). The molecule has 0 radical (unpaired) electrons. The zero-order chi connectivity index (χ0) is 11.5. The first-order valence-electron chi connectivity index (χ1n) is 4.88. The smallest absolute Gasteiger partial charge is 0.222 e. The molecule has 0 aliphatic rings. The maximum atomic E-state index is 5.61. The van der Waals surface area contributed by atoms with Gasteiger partial charge in [0.05, 0.1) is 5.69 Å². The summed E-state index contributed by atoms with van der Waals surface area (Å²) in [4.78, 5) is 7.95. The number of nitrogen functional groups attached to an aromatic ring is 2. The van der Waals surface area contributed by atoms with Gasteiger partial charge in [-0.1, -0.05) is 18.2 Å². The monoisotopic (exact) mass is 287 g/mol. The maximum absolute atomic E-state index is 5.61. The third-order valence-electron chi connectivity index (χ3n) is 2.22. The first-order valence-corrected chi connectivity index (χ1v) is 4.88. The summed E-state index contributed by atoms with van der Waals surface area (Å²) in [5, 5.41) is 0. The van der Waals surface area contributed by atoms with Crippen molar-refractivity contribution in [2.75, 3.05) is 11.5 Å². The van der Waals surface area contributed by atoms with Gasteiger partial charge in [0.25, 0.3) is 0 Å². The number of anilines is 2. The van der Waals surface area contributed by atoms with E-state index in [1.807, 2.05) is 24.3 Å². The Morgan fingerprint density at radius 1 is 1.00 bits per heavy atom. The molecule has 98 valence electrons. The van der Waals surface area contributed by atoms with E-state index in [-0.39, 0.29) is 30.8 Å². The summed E-state index contributed by atoms with van der Waals surface area (Å²) in [7, 11) is 0. The van der Waals surface area contributed by atoms with Crippen molar-refractivity contribution < 1.29 is 0 Å². The fraction of sp³-hybridized carbons (Fsp3) is 0.0909. The van der Waals surface area contributed by atoms with Gasteiger partial charge in [-0.3, -0.25) is 0 Å². The van der Waals surface area contributed by atoms with Crippen molar-refractivity contribution in [2.24, 2.45) is 5.73 Å². The SMILES string of the molecule is Cl.Cl.NCc1cccc(-c2cc(N)nc(N)n2)c1. The molecule has 0 amide bonds. The first kappa shape index (κ1) is 16.4. The van der Waals surface area contributed by atoms with E-state index >= 15 is 0 Å². The van der Waals surface area contributed by atoms with Crippen LogP contribution in [0.3, 0.4) is 0 Å². The zero-order valence-corrected chi connectivity index (χ0v) is 11.2. The highest BCUT2D eigenvalue weighted by Crippen LogP contribution is 2.20. The van der Waals surface area contributed by atoms with Crippen LogP contribution in [0.25, 0.3) is 11.3 Å². The lowest BCUT2D eigenvalue weighted by molar-refractivity contribution is 1.07. The van der Waals surface area contributed by atoms with E-state index in [2.05, 4.69) is 9.97 Å². The Labute approximate surface area is 118 Å². The molecule has 1 aromatic heterocycles. The van der Waals surface area contributed by atoms with Crippen molar-refractivity contribution in [3.63, 3.8) is 0 Å². The van der Waals surface area contributed by atoms with E-state index in [0.29, 0.717) is 18.1 Å². The van der Waals surface area contributed by atoms with Crippen LogP contribution in [0.2, 0.25) is 0 Å². The van der Waals surface area contributed by atoms with Gasteiger partial charge in [-0.2, -0.15) is 4.98 Å². The normalized spacial score (nSPS) is 9.17. The van der Waals surface area contributed by atoms with Gasteiger partial charge in [0, 0.05) is 18.2 Å². The molecule has 7 heteroatoms. The lowest BCUT2D eigenvalue weighted by atomic mass is 10.1. The minimum absolute atomic E-state index is 0. The second kappa shape index (κ2) is 7.00. The summed E-state index contributed by atoms with van der Waals surface area (Å²) in [6.45, 7) is 0.490. The molecular formula is C11H15Cl2N5. The minimum Gasteiger partial charge on any atom is -0.384 e. The largest absolute Gasteiger partial charge is 0.384 e. The number of nitrogens with zero attached hydrogens (tertiary/aromatic N) is 2. The Bertz CT molecular complexity index is 498. The molecule has 0 unspecified atom stereocenters. The van der Waals surface area contributed by atoms with Crippen LogP contribution in [0.15, 0.2) is 30.3 Å². The Hall–Kier alpha value is -1.56. The van der Waals surface area contributed by atoms with Gasteiger partial charge >= 0.3 is 0 Å². The predicted octanol–water partition coefficient (Wildman–Crippen LogP) is 1.61. The van der Waals surface area contributed by atoms with Crippen LogP contribution in [0.1, 0.15) is 5.56 Å². The second-order valence-corrected chi connectivity index (χ2v) is 3.44. The van der Waals surface area contributed by atoms with Crippen molar-refractivity contribution in [3.05, 3.63) is 35.9 Å². The van der Waals surface area contributed by atoms with Crippen LogP contribution < -0.4 is 17.2 Å². The van der Waals surface area contributed by atoms with E-state index in [0.717, 1.165) is 11.1 Å². The summed E-state index contributed by atoms with van der Waals surface area (Å²) in [5.41, 5.74) is 19.4. The van der Waals surface area contributed by atoms with E-state index in [1.165, 1.54) is 0 Å². The van der Waals surface area contributed by atoms with E-state index in [1.54, 1.807) is 6.07 Å². The third kappa shape index (κ3) is 3.73. The second-order valence-electron chi connectivity index (χ2n) is 3.44. The Morgan fingerprint density at radius 3 is 2.33 bits per heavy atom. The van der Waals surface area contributed by atoms with Gasteiger partial charge in [-0.05, 0) is 11.6 Å². The summed E-state index contributed by atoms with van der Waals surface area (Å²) in [5.74, 6) is 0.536. The van der Waals surface area contributed by atoms with E-state index in [9.17, 15) is 0 Å². The van der Waals surface area contributed by atoms with Crippen LogP contribution in [-0.4, -0.2) is 9.97 Å². The molecule has 0 saturated heterocycles. The third-order valence-corrected chi connectivity index (χ3v) is 2.22. The quantitative estimate of drug-likeness (QED) is 0.778. The molecule has 0 atom stereocenters. The van der Waals surface area contributed by atoms with E-state index in [4.69, 9.17) is 17.2 Å². The molecule has 1 aromatic carbocycles. The summed E-state index contributed by atoms with van der Waals surface area (Å²) >= 11 is 0. The minimum atomic E-state index is 0. The fourth-order valence-electron chi connectivity index (χ4n) is 1.49. The van der Waals surface area contributed by atoms with Gasteiger partial charge < -0.3 is 17.2 Å². The number of hydrogen-bond acceptors (Lipinski definition) is 5. The Balaban J connectivity index is 0.00000144. The van der Waals surface area contributed by atoms with Crippen LogP contribution in [-0.2, 0) is 6.54 Å². The van der Waals surface area contributed by atoms with Crippen molar-refractivity contribution in [2.45, 2.75) is 6.54 Å². The van der Waals surface area contributed by atoms with Crippen molar-refractivity contribution in [3.8, 4) is 11.3 Å². The highest BCUT2D eigenvalue weighted by atomic mass is 35.5. The molecule has 0 saturated carbocycles. The van der Waals surface area contributed by atoms with Crippen LogP contribution in [0.5, 0.6) is 0 Å². The lowest BCUT2D eigenvalue weighted by Crippen LogP contribution is -2.01. The molecule has 0 aliphatic heterocycles. The number of aromatic nitrogens is 2. The van der Waals surface area contributed by atoms with Crippen LogP contribution in [0, 0.1) is 0 Å². The molecular weight excluding hydrogens is 273 g/mol. The van der Waals surface area contributed by atoms with Gasteiger partial charge in [-0.15, -0.1) is 24.8 Å². The molecule has 0 aliphatic carbocycles. The van der Waals surface area contributed by atoms with Crippen LogP contribution in [0.4, 0.5) is 11.8 Å². The topological polar surface area (TPSA) is 104 Å². The highest BCUT2D eigenvalue weighted by Gasteiger charge is 2.03. The van der Waals surface area contributed by atoms with Crippen molar-refractivity contribution >= 4 is 36.6 Å². The lowest BCUT2D eigenvalue weighted by Gasteiger charge is -2.04. The molecule has 18 heavy (non-hydrogen) atoms. The summed E-state index contributed by atoms with van der Waals surface area (Å²) in [6.07, 6.45) is 0. The Kier molecular flexibility index (Phi) is 6.40. The first-order chi connectivity index (χ1) is 7.69. The van der Waals surface area contributed by atoms with Gasteiger partial charge in [0.1, 0.15) is 5.82 Å². The van der Waals surface area contributed by atoms with Gasteiger partial charge in [0.15, 0.2) is 0 Å². The van der Waals surface area contributed by atoms with Gasteiger partial charge in [0.2, 0.25) is 5.95 Å². The number of nitrogens with two attached hydrogens (primary N) is 3. The average molecular weight is 288 g/mol. The van der Waals surface area contributed by atoms with Crippen molar-refractivity contribution in [1.29, 1.82) is 0 Å². The molecule has 2 aromatic rings. The van der Waals surface area contributed by atoms with Crippen LogP contribution >= 0.6 is 24.8 Å². The van der Waals surface area contributed by atoms with Crippen molar-refractivity contribution in [1.82, 2.24) is 9.97 Å². The molecule has 1 heterocycles. The van der Waals surface area contributed by atoms with Gasteiger partial charge in [-0.25, -0.2) is 4.98 Å². The molecule has 5 nitrogen and oxygen atoms in total. The number of halogens is 2. The number of rotatable bonds is 2. The molecule has 0 fully saturated rings. The van der Waals surface area contributed by atoms with E-state index < -0.39 is 0 Å². The number of benzene rings is 1. The highest BCUT2D eigenvalue weighted by molar-refractivity contribution is 5.85. The Morgan fingerprint density at radius 2 is 1.72 bits per heavy atom. The molecule has 0 bridgehead atoms. The number of hydrogen-bond donors (Lipinski definition) is 3. The summed E-state index contributed by atoms with van der Waals surface area (Å²) in [6, 6.07) is 9.46. The zero-order valence-electron chi connectivity index (χ0n) is 9.54. The molecule has 0 spiro atoms. The fourth-order valence-corrected chi connectivity index (χ4v) is 1.49. The summed E-state index contributed by atoms with van der Waals surface area (Å²) < 4.78 is 0. The maximum Gasteiger partial charge on any atom is 0.222 e. The predicted molar refractivity (Wildman–Crippen MR) is 78.7 cm³/mol. The molecule has 6 N–H and O–H groups in total. The average Bonchev–Trinajstić information content (AvgIpc) is 2.28.